The maximum Gasteiger partial charge on any atom is 0.276 e. The number of nitrogens with one attached hydrogen (secondary N) is 2. The van der Waals surface area contributed by atoms with Crippen molar-refractivity contribution in [2.75, 3.05) is 5.32 Å². The Balaban J connectivity index is 2.17. The van der Waals surface area contributed by atoms with E-state index in [0.717, 1.165) is 17.1 Å². The van der Waals surface area contributed by atoms with E-state index in [1.54, 1.807) is 25.3 Å². The van der Waals surface area contributed by atoms with Gasteiger partial charge in [0.05, 0.1) is 6.33 Å². The number of aromatic nitrogens is 3. The van der Waals surface area contributed by atoms with Gasteiger partial charge in [-0.15, -0.1) is 0 Å². The van der Waals surface area contributed by atoms with E-state index in [0.29, 0.717) is 5.69 Å². The molecule has 2 rings (SSSR count). The van der Waals surface area contributed by atoms with E-state index in [9.17, 15) is 4.79 Å². The molecule has 2 aromatic heterocycles. The number of hydrogen-bond donors (Lipinski definition) is 2. The molecule has 2 aromatic rings. The van der Waals surface area contributed by atoms with E-state index >= 15 is 0 Å². The molecular formula is C11H12N4O. The minimum absolute atomic E-state index is 0.218. The molecule has 0 aliphatic carbocycles. The Bertz CT molecular complexity index is 518. The lowest BCUT2D eigenvalue weighted by molar-refractivity contribution is 0.102. The molecule has 5 heteroatoms. The molecule has 0 unspecified atom stereocenters. The van der Waals surface area contributed by atoms with Crippen molar-refractivity contribution in [3.63, 3.8) is 0 Å². The van der Waals surface area contributed by atoms with E-state index in [1.165, 1.54) is 6.33 Å². The Morgan fingerprint density at radius 1 is 1.38 bits per heavy atom. The third-order valence-corrected chi connectivity index (χ3v) is 2.20. The van der Waals surface area contributed by atoms with Crippen molar-refractivity contribution in [1.82, 2.24) is 15.0 Å². The normalized spacial score (nSPS) is 10.1. The monoisotopic (exact) mass is 216 g/mol. The fourth-order valence-corrected chi connectivity index (χ4v) is 1.40. The number of aryl methyl sites for hydroxylation is 2. The number of pyridine rings is 1. The standard InChI is InChI=1S/C11H12N4O/c1-7-5-9(3-4-12-7)15-11(16)10-8(2)13-6-14-10/h3-6H,1-2H3,(H,13,14)(H,12,15,16). The van der Waals surface area contributed by atoms with Gasteiger partial charge in [-0.2, -0.15) is 0 Å². The number of carbonyl (C=O) groups is 1. The van der Waals surface area contributed by atoms with E-state index in [1.807, 2.05) is 6.92 Å². The Labute approximate surface area is 92.9 Å². The van der Waals surface area contributed by atoms with Crippen molar-refractivity contribution in [1.29, 1.82) is 0 Å². The van der Waals surface area contributed by atoms with Crippen LogP contribution in [0.5, 0.6) is 0 Å². The first-order valence-electron chi connectivity index (χ1n) is 4.91. The molecule has 0 atom stereocenters. The van der Waals surface area contributed by atoms with Crippen molar-refractivity contribution >= 4 is 11.6 Å². The SMILES string of the molecule is Cc1cc(NC(=O)c2nc[nH]c2C)ccn1. The number of aromatic amines is 1. The van der Waals surface area contributed by atoms with Crippen LogP contribution in [0.3, 0.4) is 0 Å². The number of carbonyl (C=O) groups excluding carboxylic acids is 1. The number of anilines is 1. The molecule has 1 amide bonds. The van der Waals surface area contributed by atoms with Crippen LogP contribution in [0.1, 0.15) is 21.9 Å². The molecule has 2 N–H and O–H groups in total. The minimum Gasteiger partial charge on any atom is -0.348 e. The molecule has 0 spiro atoms. The van der Waals surface area contributed by atoms with Crippen LogP contribution in [0.25, 0.3) is 0 Å². The summed E-state index contributed by atoms with van der Waals surface area (Å²) in [5, 5.41) is 2.76. The maximum absolute atomic E-state index is 11.8. The molecule has 0 aliphatic heterocycles. The predicted octanol–water partition coefficient (Wildman–Crippen LogP) is 1.67. The fraction of sp³-hybridized carbons (Fsp3) is 0.182. The summed E-state index contributed by atoms with van der Waals surface area (Å²) in [5.41, 5.74) is 2.74. The first-order valence-corrected chi connectivity index (χ1v) is 4.91. The molecule has 2 heterocycles. The second-order valence-electron chi connectivity index (χ2n) is 3.52. The number of hydrogen-bond acceptors (Lipinski definition) is 3. The third-order valence-electron chi connectivity index (χ3n) is 2.20. The topological polar surface area (TPSA) is 70.7 Å². The molecule has 0 fully saturated rings. The lowest BCUT2D eigenvalue weighted by atomic mass is 10.3. The molecular weight excluding hydrogens is 204 g/mol. The highest BCUT2D eigenvalue weighted by atomic mass is 16.1. The highest BCUT2D eigenvalue weighted by molar-refractivity contribution is 6.03. The molecule has 82 valence electrons. The Hall–Kier alpha value is -2.17. The molecule has 0 aliphatic rings. The first kappa shape index (κ1) is 10.4. The number of H-pyrrole nitrogens is 1. The molecule has 5 nitrogen and oxygen atoms in total. The molecule has 0 bridgehead atoms. The second kappa shape index (κ2) is 4.14. The number of imidazole rings is 1. The summed E-state index contributed by atoms with van der Waals surface area (Å²) >= 11 is 0. The van der Waals surface area contributed by atoms with Gasteiger partial charge in [0.15, 0.2) is 0 Å². The van der Waals surface area contributed by atoms with Gasteiger partial charge in [-0.05, 0) is 26.0 Å². The summed E-state index contributed by atoms with van der Waals surface area (Å²) in [4.78, 5) is 22.7. The Morgan fingerprint density at radius 3 is 2.81 bits per heavy atom. The van der Waals surface area contributed by atoms with E-state index in [-0.39, 0.29) is 5.91 Å². The van der Waals surface area contributed by atoms with Crippen LogP contribution >= 0.6 is 0 Å². The molecule has 0 saturated carbocycles. The smallest absolute Gasteiger partial charge is 0.276 e. The van der Waals surface area contributed by atoms with Gasteiger partial charge in [0.2, 0.25) is 0 Å². The van der Waals surface area contributed by atoms with Crippen LogP contribution in [0.2, 0.25) is 0 Å². The number of nitrogens with zero attached hydrogens (tertiary/aromatic N) is 2. The summed E-state index contributed by atoms with van der Waals surface area (Å²) in [6.07, 6.45) is 3.16. The average molecular weight is 216 g/mol. The van der Waals surface area contributed by atoms with Gasteiger partial charge in [0.25, 0.3) is 5.91 Å². The van der Waals surface area contributed by atoms with Gasteiger partial charge in [0, 0.05) is 23.3 Å². The van der Waals surface area contributed by atoms with Gasteiger partial charge in [0.1, 0.15) is 5.69 Å². The van der Waals surface area contributed by atoms with Gasteiger partial charge < -0.3 is 10.3 Å². The first-order chi connectivity index (χ1) is 7.66. The third kappa shape index (κ3) is 2.08. The highest BCUT2D eigenvalue weighted by Crippen LogP contribution is 2.09. The van der Waals surface area contributed by atoms with Crippen molar-refractivity contribution in [2.24, 2.45) is 0 Å². The van der Waals surface area contributed by atoms with Crippen LogP contribution in [0, 0.1) is 13.8 Å². The molecule has 0 radical (unpaired) electrons. The van der Waals surface area contributed by atoms with Gasteiger partial charge >= 0.3 is 0 Å². The minimum atomic E-state index is -0.218. The van der Waals surface area contributed by atoms with E-state index in [2.05, 4.69) is 20.3 Å². The van der Waals surface area contributed by atoms with Gasteiger partial charge in [-0.3, -0.25) is 9.78 Å². The zero-order chi connectivity index (χ0) is 11.5. The van der Waals surface area contributed by atoms with Crippen molar-refractivity contribution in [3.05, 3.63) is 41.7 Å². The summed E-state index contributed by atoms with van der Waals surface area (Å²) in [5.74, 6) is -0.218. The van der Waals surface area contributed by atoms with Crippen LogP contribution in [0.4, 0.5) is 5.69 Å². The van der Waals surface area contributed by atoms with Crippen LogP contribution in [-0.4, -0.2) is 20.9 Å². The van der Waals surface area contributed by atoms with Crippen LogP contribution in [-0.2, 0) is 0 Å². The average Bonchev–Trinajstić information content (AvgIpc) is 2.64. The zero-order valence-corrected chi connectivity index (χ0v) is 9.11. The predicted molar refractivity (Wildman–Crippen MR) is 60.3 cm³/mol. The lowest BCUT2D eigenvalue weighted by Gasteiger charge is -2.04. The quantitative estimate of drug-likeness (QED) is 0.802. The summed E-state index contributed by atoms with van der Waals surface area (Å²) in [6, 6.07) is 3.55. The molecule has 0 aromatic carbocycles. The lowest BCUT2D eigenvalue weighted by Crippen LogP contribution is -2.13. The summed E-state index contributed by atoms with van der Waals surface area (Å²) in [6.45, 7) is 3.68. The Morgan fingerprint density at radius 2 is 2.19 bits per heavy atom. The molecule has 0 saturated heterocycles. The van der Waals surface area contributed by atoms with Gasteiger partial charge in [-0.1, -0.05) is 0 Å². The molecule has 16 heavy (non-hydrogen) atoms. The largest absolute Gasteiger partial charge is 0.348 e. The van der Waals surface area contributed by atoms with Crippen LogP contribution in [0.15, 0.2) is 24.7 Å². The summed E-state index contributed by atoms with van der Waals surface area (Å²) < 4.78 is 0. The van der Waals surface area contributed by atoms with Crippen molar-refractivity contribution < 1.29 is 4.79 Å². The van der Waals surface area contributed by atoms with Crippen molar-refractivity contribution in [3.8, 4) is 0 Å². The fourth-order valence-electron chi connectivity index (χ4n) is 1.40. The van der Waals surface area contributed by atoms with E-state index < -0.39 is 0 Å². The zero-order valence-electron chi connectivity index (χ0n) is 9.11. The highest BCUT2D eigenvalue weighted by Gasteiger charge is 2.11. The van der Waals surface area contributed by atoms with Crippen molar-refractivity contribution in [2.45, 2.75) is 13.8 Å². The van der Waals surface area contributed by atoms with Gasteiger partial charge in [-0.25, -0.2) is 4.98 Å². The Kier molecular flexibility index (Phi) is 2.68. The van der Waals surface area contributed by atoms with Crippen LogP contribution < -0.4 is 5.32 Å². The summed E-state index contributed by atoms with van der Waals surface area (Å²) in [7, 11) is 0. The number of rotatable bonds is 2. The number of amides is 1. The van der Waals surface area contributed by atoms with E-state index in [4.69, 9.17) is 0 Å². The second-order valence-corrected chi connectivity index (χ2v) is 3.52. The maximum atomic E-state index is 11.8.